The lowest BCUT2D eigenvalue weighted by molar-refractivity contribution is 0.223. The molecule has 1 heterocycles. The molecule has 1 aromatic carbocycles. The zero-order valence-corrected chi connectivity index (χ0v) is 12.0. The molecule has 2 atom stereocenters. The van der Waals surface area contributed by atoms with Crippen molar-refractivity contribution in [1.82, 2.24) is 10.2 Å². The molecule has 0 radical (unpaired) electrons. The number of methoxy groups -OCH3 is 1. The van der Waals surface area contributed by atoms with Gasteiger partial charge < -0.3 is 15.0 Å². The smallest absolute Gasteiger partial charge is 0.120 e. The summed E-state index contributed by atoms with van der Waals surface area (Å²) in [7, 11) is 5.89. The Hall–Kier alpha value is -0.770. The molecule has 3 nitrogen and oxygen atoms in total. The van der Waals surface area contributed by atoms with E-state index in [0.29, 0.717) is 12.0 Å². The molecule has 1 fully saturated rings. The lowest BCUT2D eigenvalue weighted by Crippen LogP contribution is -2.29. The average Bonchev–Trinajstić information content (AvgIpc) is 2.84. The van der Waals surface area contributed by atoms with Crippen LogP contribution in [0.15, 0.2) is 18.2 Å². The summed E-state index contributed by atoms with van der Waals surface area (Å²) in [6, 6.07) is 6.33. The number of rotatable bonds is 4. The second-order valence-electron chi connectivity index (χ2n) is 5.05. The SMILES string of the molecule is COc1ccc(C(C2CCNC2)N(C)C)c(Cl)c1. The van der Waals surface area contributed by atoms with Crippen LogP contribution in [0.1, 0.15) is 18.0 Å². The summed E-state index contributed by atoms with van der Waals surface area (Å²) in [6.07, 6.45) is 1.20. The average molecular weight is 269 g/mol. The van der Waals surface area contributed by atoms with Gasteiger partial charge in [0.05, 0.1) is 7.11 Å². The maximum Gasteiger partial charge on any atom is 0.120 e. The third-order valence-electron chi connectivity index (χ3n) is 3.63. The Morgan fingerprint density at radius 1 is 1.44 bits per heavy atom. The van der Waals surface area contributed by atoms with Crippen molar-refractivity contribution in [2.75, 3.05) is 34.3 Å². The molecular weight excluding hydrogens is 248 g/mol. The Labute approximate surface area is 114 Å². The van der Waals surface area contributed by atoms with E-state index >= 15 is 0 Å². The minimum Gasteiger partial charge on any atom is -0.497 e. The van der Waals surface area contributed by atoms with E-state index in [1.165, 1.54) is 12.0 Å². The van der Waals surface area contributed by atoms with Crippen molar-refractivity contribution in [3.05, 3.63) is 28.8 Å². The summed E-state index contributed by atoms with van der Waals surface area (Å²) < 4.78 is 5.21. The topological polar surface area (TPSA) is 24.5 Å². The molecule has 0 bridgehead atoms. The van der Waals surface area contributed by atoms with Crippen molar-refractivity contribution in [3.8, 4) is 5.75 Å². The molecule has 1 aliphatic rings. The van der Waals surface area contributed by atoms with Crippen LogP contribution in [0.5, 0.6) is 5.75 Å². The number of halogens is 1. The predicted octanol–water partition coefficient (Wildman–Crippen LogP) is 2.56. The van der Waals surface area contributed by atoms with Crippen LogP contribution >= 0.6 is 11.6 Å². The molecule has 0 saturated carbocycles. The van der Waals surface area contributed by atoms with E-state index in [-0.39, 0.29) is 0 Å². The normalized spacial score (nSPS) is 21.3. The molecule has 1 aromatic rings. The molecule has 18 heavy (non-hydrogen) atoms. The monoisotopic (exact) mass is 268 g/mol. The van der Waals surface area contributed by atoms with Gasteiger partial charge >= 0.3 is 0 Å². The van der Waals surface area contributed by atoms with Gasteiger partial charge in [-0.2, -0.15) is 0 Å². The van der Waals surface area contributed by atoms with Crippen molar-refractivity contribution in [3.63, 3.8) is 0 Å². The van der Waals surface area contributed by atoms with E-state index < -0.39 is 0 Å². The molecule has 0 aromatic heterocycles. The summed E-state index contributed by atoms with van der Waals surface area (Å²) >= 11 is 6.40. The Kier molecular flexibility index (Phi) is 4.49. The molecule has 0 spiro atoms. The first kappa shape index (κ1) is 13.7. The number of ether oxygens (including phenoxy) is 1. The Morgan fingerprint density at radius 3 is 2.72 bits per heavy atom. The molecule has 2 unspecified atom stereocenters. The van der Waals surface area contributed by atoms with Gasteiger partial charge in [-0.1, -0.05) is 17.7 Å². The summed E-state index contributed by atoms with van der Waals surface area (Å²) in [5.41, 5.74) is 1.19. The summed E-state index contributed by atoms with van der Waals surface area (Å²) in [5, 5.41) is 4.22. The highest BCUT2D eigenvalue weighted by atomic mass is 35.5. The zero-order valence-electron chi connectivity index (χ0n) is 11.2. The predicted molar refractivity (Wildman–Crippen MR) is 75.4 cm³/mol. The van der Waals surface area contributed by atoms with Crippen LogP contribution in [0.2, 0.25) is 5.02 Å². The Bertz CT molecular complexity index is 403. The van der Waals surface area contributed by atoms with Gasteiger partial charge in [0.1, 0.15) is 5.75 Å². The highest BCUT2D eigenvalue weighted by Gasteiger charge is 2.29. The van der Waals surface area contributed by atoms with Crippen LogP contribution < -0.4 is 10.1 Å². The largest absolute Gasteiger partial charge is 0.497 e. The summed E-state index contributed by atoms with van der Waals surface area (Å²) in [6.45, 7) is 2.16. The lowest BCUT2D eigenvalue weighted by Gasteiger charge is -2.30. The van der Waals surface area contributed by atoms with Gasteiger partial charge in [-0.15, -0.1) is 0 Å². The minimum absolute atomic E-state index is 0.360. The minimum atomic E-state index is 0.360. The highest BCUT2D eigenvalue weighted by molar-refractivity contribution is 6.31. The van der Waals surface area contributed by atoms with E-state index in [0.717, 1.165) is 23.9 Å². The fraction of sp³-hybridized carbons (Fsp3) is 0.571. The zero-order chi connectivity index (χ0) is 13.1. The number of benzene rings is 1. The van der Waals surface area contributed by atoms with Crippen molar-refractivity contribution in [2.45, 2.75) is 12.5 Å². The van der Waals surface area contributed by atoms with E-state index in [4.69, 9.17) is 16.3 Å². The number of hydrogen-bond acceptors (Lipinski definition) is 3. The number of nitrogens with zero attached hydrogens (tertiary/aromatic N) is 1. The first-order valence-corrected chi connectivity index (χ1v) is 6.72. The molecule has 2 rings (SSSR count). The standard InChI is InChI=1S/C14H21ClN2O/c1-17(2)14(10-6-7-16-9-10)12-5-4-11(18-3)8-13(12)15/h4-5,8,10,14,16H,6-7,9H2,1-3H3. The summed E-state index contributed by atoms with van der Waals surface area (Å²) in [4.78, 5) is 2.26. The third-order valence-corrected chi connectivity index (χ3v) is 3.95. The van der Waals surface area contributed by atoms with Gasteiger partial charge in [-0.05, 0) is 57.2 Å². The van der Waals surface area contributed by atoms with E-state index in [1.807, 2.05) is 12.1 Å². The van der Waals surface area contributed by atoms with E-state index in [2.05, 4.69) is 30.4 Å². The lowest BCUT2D eigenvalue weighted by atomic mass is 9.91. The first-order valence-electron chi connectivity index (χ1n) is 6.34. The highest BCUT2D eigenvalue weighted by Crippen LogP contribution is 2.36. The number of nitrogens with one attached hydrogen (secondary N) is 1. The van der Waals surface area contributed by atoms with Crippen LogP contribution in [0.4, 0.5) is 0 Å². The molecule has 0 aliphatic carbocycles. The van der Waals surface area contributed by atoms with Crippen LogP contribution in [0.3, 0.4) is 0 Å². The van der Waals surface area contributed by atoms with E-state index in [1.54, 1.807) is 7.11 Å². The van der Waals surface area contributed by atoms with Crippen molar-refractivity contribution >= 4 is 11.6 Å². The maximum absolute atomic E-state index is 6.40. The third kappa shape index (κ3) is 2.79. The molecule has 4 heteroatoms. The Balaban J connectivity index is 2.30. The Morgan fingerprint density at radius 2 is 2.22 bits per heavy atom. The van der Waals surface area contributed by atoms with Gasteiger partial charge in [0, 0.05) is 11.1 Å². The van der Waals surface area contributed by atoms with Gasteiger partial charge in [-0.25, -0.2) is 0 Å². The van der Waals surface area contributed by atoms with Crippen LogP contribution in [0, 0.1) is 5.92 Å². The van der Waals surface area contributed by atoms with Gasteiger partial charge in [0.25, 0.3) is 0 Å². The second-order valence-corrected chi connectivity index (χ2v) is 5.46. The van der Waals surface area contributed by atoms with Crippen LogP contribution in [-0.4, -0.2) is 39.2 Å². The summed E-state index contributed by atoms with van der Waals surface area (Å²) in [5.74, 6) is 1.43. The first-order chi connectivity index (χ1) is 8.63. The number of hydrogen-bond donors (Lipinski definition) is 1. The van der Waals surface area contributed by atoms with Crippen molar-refractivity contribution in [1.29, 1.82) is 0 Å². The van der Waals surface area contributed by atoms with Gasteiger partial charge in [0.2, 0.25) is 0 Å². The fourth-order valence-electron chi connectivity index (χ4n) is 2.77. The second kappa shape index (κ2) is 5.91. The molecular formula is C14H21ClN2O. The molecule has 1 saturated heterocycles. The molecule has 1 N–H and O–H groups in total. The van der Waals surface area contributed by atoms with Crippen LogP contribution in [0.25, 0.3) is 0 Å². The van der Waals surface area contributed by atoms with E-state index in [9.17, 15) is 0 Å². The molecule has 0 amide bonds. The van der Waals surface area contributed by atoms with Crippen molar-refractivity contribution < 1.29 is 4.74 Å². The van der Waals surface area contributed by atoms with Gasteiger partial charge in [-0.3, -0.25) is 0 Å². The molecule has 100 valence electrons. The van der Waals surface area contributed by atoms with Crippen molar-refractivity contribution in [2.24, 2.45) is 5.92 Å². The van der Waals surface area contributed by atoms with Gasteiger partial charge in [0.15, 0.2) is 0 Å². The molecule has 1 aliphatic heterocycles. The fourth-order valence-corrected chi connectivity index (χ4v) is 3.06. The quantitative estimate of drug-likeness (QED) is 0.908. The maximum atomic E-state index is 6.40. The van der Waals surface area contributed by atoms with Crippen LogP contribution in [-0.2, 0) is 0 Å².